The van der Waals surface area contributed by atoms with Crippen molar-refractivity contribution < 1.29 is 24.9 Å². The van der Waals surface area contributed by atoms with Gasteiger partial charge >= 0.3 is 5.97 Å². The van der Waals surface area contributed by atoms with Gasteiger partial charge in [0.25, 0.3) is 0 Å². The van der Waals surface area contributed by atoms with Gasteiger partial charge in [0.05, 0.1) is 19.3 Å². The van der Waals surface area contributed by atoms with Crippen LogP contribution in [0.3, 0.4) is 0 Å². The Bertz CT molecular complexity index is 362. The zero-order valence-corrected chi connectivity index (χ0v) is 21.7. The summed E-state index contributed by atoms with van der Waals surface area (Å²) in [6.45, 7) is 6.59. The Hall–Kier alpha value is -0.650. The number of aliphatic hydroxyl groups is 2. The summed E-state index contributed by atoms with van der Waals surface area (Å²) in [6, 6.07) is 0. The molecule has 3 N–H and O–H groups in total. The number of unbranched alkanes of at least 4 members (excludes halogenated alkanes) is 13. The number of hydrogen-bond donors (Lipinski definition) is 3. The number of hydrogen-bond acceptors (Lipinski definition) is 4. The summed E-state index contributed by atoms with van der Waals surface area (Å²) in [5, 5.41) is 26.2. The Labute approximate surface area is 199 Å². The molecule has 0 bridgehead atoms. The summed E-state index contributed by atoms with van der Waals surface area (Å²) >= 11 is 0. The minimum Gasteiger partial charge on any atom is -0.481 e. The Kier molecular flexibility index (Phi) is 29.7. The van der Waals surface area contributed by atoms with Crippen LogP contribution in [-0.2, 0) is 9.53 Å². The number of aliphatic carboxylic acids is 1. The summed E-state index contributed by atoms with van der Waals surface area (Å²) in [7, 11) is 0. The first-order chi connectivity index (χ1) is 15.5. The van der Waals surface area contributed by atoms with E-state index in [0.29, 0.717) is 6.42 Å². The highest BCUT2D eigenvalue weighted by molar-refractivity contribution is 5.66. The molecule has 0 aliphatic heterocycles. The third-order valence-corrected chi connectivity index (χ3v) is 5.72. The molecule has 0 aromatic carbocycles. The second-order valence-corrected chi connectivity index (χ2v) is 9.11. The average Bonchev–Trinajstić information content (AvgIpc) is 2.78. The smallest absolute Gasteiger partial charge is 0.303 e. The second-order valence-electron chi connectivity index (χ2n) is 9.11. The van der Waals surface area contributed by atoms with E-state index in [-0.39, 0.29) is 19.3 Å². The van der Waals surface area contributed by atoms with Gasteiger partial charge in [0.2, 0.25) is 0 Å². The molecule has 0 amide bonds. The maximum absolute atomic E-state index is 10.3. The lowest BCUT2D eigenvalue weighted by Gasteiger charge is -2.18. The van der Waals surface area contributed by atoms with E-state index in [1.54, 1.807) is 0 Å². The molecule has 0 heterocycles. The van der Waals surface area contributed by atoms with Crippen LogP contribution < -0.4 is 0 Å². The van der Waals surface area contributed by atoms with Crippen LogP contribution in [0.15, 0.2) is 0 Å². The van der Waals surface area contributed by atoms with Crippen LogP contribution in [0, 0.1) is 0 Å². The molecule has 5 nitrogen and oxygen atoms in total. The lowest BCUT2D eigenvalue weighted by molar-refractivity contribution is -0.137. The molecule has 0 aliphatic rings. The molecule has 0 saturated carbocycles. The van der Waals surface area contributed by atoms with Gasteiger partial charge in [-0.1, -0.05) is 117 Å². The van der Waals surface area contributed by atoms with E-state index in [4.69, 9.17) is 20.1 Å². The lowest BCUT2D eigenvalue weighted by Crippen LogP contribution is -2.24. The van der Waals surface area contributed by atoms with Gasteiger partial charge in [-0.15, -0.1) is 0 Å². The van der Waals surface area contributed by atoms with Gasteiger partial charge in [-0.25, -0.2) is 0 Å². The minimum atomic E-state index is -0.726. The molecule has 194 valence electrons. The van der Waals surface area contributed by atoms with Crippen LogP contribution in [0.1, 0.15) is 143 Å². The van der Waals surface area contributed by atoms with Gasteiger partial charge in [-0.3, -0.25) is 4.79 Å². The number of carbonyl (C=O) groups is 1. The highest BCUT2D eigenvalue weighted by Crippen LogP contribution is 2.13. The first kappa shape index (κ1) is 33.5. The van der Waals surface area contributed by atoms with Gasteiger partial charge < -0.3 is 20.1 Å². The van der Waals surface area contributed by atoms with E-state index in [9.17, 15) is 4.79 Å². The quantitative estimate of drug-likeness (QED) is 0.140. The van der Waals surface area contributed by atoms with E-state index < -0.39 is 12.1 Å². The van der Waals surface area contributed by atoms with Crippen molar-refractivity contribution in [2.24, 2.45) is 0 Å². The van der Waals surface area contributed by atoms with Gasteiger partial charge in [0.1, 0.15) is 6.10 Å². The normalized spacial score (nSPS) is 12.8. The SMILES string of the molecule is CCCCC(CCC)OCC(O)CO.CCCCCCCCCCCCCCCC(=O)O. The fourth-order valence-corrected chi connectivity index (χ4v) is 3.66. The molecule has 2 atom stereocenters. The zero-order valence-electron chi connectivity index (χ0n) is 21.7. The topological polar surface area (TPSA) is 87.0 Å². The van der Waals surface area contributed by atoms with Crippen molar-refractivity contribution in [3.63, 3.8) is 0 Å². The largest absolute Gasteiger partial charge is 0.481 e. The summed E-state index contributed by atoms with van der Waals surface area (Å²) < 4.78 is 5.53. The maximum atomic E-state index is 10.3. The fraction of sp³-hybridized carbons (Fsp3) is 0.963. The van der Waals surface area contributed by atoms with E-state index in [1.165, 1.54) is 83.5 Å². The third-order valence-electron chi connectivity index (χ3n) is 5.72. The van der Waals surface area contributed by atoms with E-state index >= 15 is 0 Å². The molecular formula is C27H56O5. The number of rotatable bonds is 23. The van der Waals surface area contributed by atoms with Crippen molar-refractivity contribution in [3.05, 3.63) is 0 Å². The molecular weight excluding hydrogens is 404 g/mol. The zero-order chi connectivity index (χ0) is 24.3. The van der Waals surface area contributed by atoms with Crippen molar-refractivity contribution in [3.8, 4) is 0 Å². The van der Waals surface area contributed by atoms with Gasteiger partial charge in [0, 0.05) is 6.42 Å². The standard InChI is InChI=1S/C16H32O2.C11H24O3/c1-2-3-4-5-6-7-8-9-10-11-12-13-14-15-16(17)18;1-3-5-7-11(6-4-2)14-9-10(13)8-12/h2-15H2,1H3,(H,17,18);10-13H,3-9H2,1-2H3. The number of carboxylic acids is 1. The average molecular weight is 461 g/mol. The maximum Gasteiger partial charge on any atom is 0.303 e. The second kappa shape index (κ2) is 28.4. The van der Waals surface area contributed by atoms with Crippen LogP contribution in [-0.4, -0.2) is 46.7 Å². The lowest BCUT2D eigenvalue weighted by atomic mass is 10.0. The molecule has 32 heavy (non-hydrogen) atoms. The highest BCUT2D eigenvalue weighted by atomic mass is 16.5. The Morgan fingerprint density at radius 1 is 0.688 bits per heavy atom. The van der Waals surface area contributed by atoms with E-state index in [0.717, 1.165) is 32.1 Å². The molecule has 0 fully saturated rings. The predicted octanol–water partition coefficient (Wildman–Crippen LogP) is 7.27. The van der Waals surface area contributed by atoms with Crippen molar-refractivity contribution in [1.82, 2.24) is 0 Å². The molecule has 0 rings (SSSR count). The van der Waals surface area contributed by atoms with Gasteiger partial charge in [-0.2, -0.15) is 0 Å². The molecule has 0 aromatic heterocycles. The molecule has 0 spiro atoms. The van der Waals surface area contributed by atoms with Crippen LogP contribution in [0.25, 0.3) is 0 Å². The van der Waals surface area contributed by atoms with Gasteiger partial charge in [0.15, 0.2) is 0 Å². The molecule has 5 heteroatoms. The molecule has 0 aliphatic carbocycles. The molecule has 0 radical (unpaired) electrons. The number of carboxylic acid groups (broad SMARTS) is 1. The van der Waals surface area contributed by atoms with E-state index in [1.807, 2.05) is 0 Å². The van der Waals surface area contributed by atoms with Crippen LogP contribution in [0.2, 0.25) is 0 Å². The third kappa shape index (κ3) is 29.4. The van der Waals surface area contributed by atoms with Crippen molar-refractivity contribution in [2.75, 3.05) is 13.2 Å². The summed E-state index contributed by atoms with van der Waals surface area (Å²) in [6.07, 6.45) is 22.3. The van der Waals surface area contributed by atoms with Crippen molar-refractivity contribution in [1.29, 1.82) is 0 Å². The Morgan fingerprint density at radius 3 is 1.56 bits per heavy atom. The first-order valence-electron chi connectivity index (χ1n) is 13.6. The summed E-state index contributed by atoms with van der Waals surface area (Å²) in [5.41, 5.74) is 0. The number of ether oxygens (including phenoxy) is 1. The monoisotopic (exact) mass is 460 g/mol. The molecule has 0 saturated heterocycles. The highest BCUT2D eigenvalue weighted by Gasteiger charge is 2.10. The molecule has 2 unspecified atom stereocenters. The van der Waals surface area contributed by atoms with Gasteiger partial charge in [-0.05, 0) is 19.3 Å². The van der Waals surface area contributed by atoms with Crippen LogP contribution in [0.4, 0.5) is 0 Å². The fourth-order valence-electron chi connectivity index (χ4n) is 3.66. The van der Waals surface area contributed by atoms with Crippen molar-refractivity contribution in [2.45, 2.75) is 155 Å². The van der Waals surface area contributed by atoms with Crippen LogP contribution >= 0.6 is 0 Å². The Morgan fingerprint density at radius 2 is 1.16 bits per heavy atom. The summed E-state index contributed by atoms with van der Waals surface area (Å²) in [5.74, 6) is -0.655. The van der Waals surface area contributed by atoms with Crippen molar-refractivity contribution >= 4 is 5.97 Å². The minimum absolute atomic E-state index is 0.216. The summed E-state index contributed by atoms with van der Waals surface area (Å²) in [4.78, 5) is 10.3. The first-order valence-corrected chi connectivity index (χ1v) is 13.6. The number of aliphatic hydroxyl groups excluding tert-OH is 2. The molecule has 0 aromatic rings. The predicted molar refractivity (Wildman–Crippen MR) is 135 cm³/mol. The van der Waals surface area contributed by atoms with Crippen LogP contribution in [0.5, 0.6) is 0 Å². The Balaban J connectivity index is 0. The van der Waals surface area contributed by atoms with E-state index in [2.05, 4.69) is 20.8 Å².